The Morgan fingerprint density at radius 3 is 2.59 bits per heavy atom. The number of aliphatic imine (C=N–C) groups is 1. The second-order valence-corrected chi connectivity index (χ2v) is 6.80. The first-order valence-electron chi connectivity index (χ1n) is 10.0. The van der Waals surface area contributed by atoms with Gasteiger partial charge in [-0.2, -0.15) is 0 Å². The van der Waals surface area contributed by atoms with Crippen molar-refractivity contribution in [2.45, 2.75) is 0 Å². The van der Waals surface area contributed by atoms with E-state index in [2.05, 4.69) is 25.6 Å². The van der Waals surface area contributed by atoms with Crippen LogP contribution in [0.3, 0.4) is 0 Å². The minimum Gasteiger partial charge on any atom is -0.490 e. The maximum Gasteiger partial charge on any atom is 0.223 e. The first-order valence-corrected chi connectivity index (χ1v) is 10.0. The third kappa shape index (κ3) is 5.49. The van der Waals surface area contributed by atoms with Gasteiger partial charge in [0.15, 0.2) is 0 Å². The van der Waals surface area contributed by atoms with Gasteiger partial charge in [0.05, 0.1) is 12.7 Å². The smallest absolute Gasteiger partial charge is 0.223 e. The van der Waals surface area contributed by atoms with Gasteiger partial charge >= 0.3 is 0 Å². The molecule has 7 nitrogen and oxygen atoms in total. The van der Waals surface area contributed by atoms with E-state index in [4.69, 9.17) is 9.47 Å². The first kappa shape index (κ1) is 19.3. The van der Waals surface area contributed by atoms with Gasteiger partial charge in [0, 0.05) is 49.8 Å². The van der Waals surface area contributed by atoms with E-state index in [9.17, 15) is 0 Å². The fourth-order valence-corrected chi connectivity index (χ4v) is 3.32. The van der Waals surface area contributed by atoms with Crippen LogP contribution in [0.2, 0.25) is 0 Å². The highest BCUT2D eigenvalue weighted by Crippen LogP contribution is 2.21. The second kappa shape index (κ2) is 9.95. The molecule has 4 rings (SSSR count). The Morgan fingerprint density at radius 2 is 1.72 bits per heavy atom. The van der Waals surface area contributed by atoms with E-state index >= 15 is 0 Å². The molecule has 152 valence electrons. The molecule has 0 radical (unpaired) electrons. The molecule has 0 aliphatic carbocycles. The molecule has 1 fully saturated rings. The number of hydrogen-bond donors (Lipinski definition) is 2. The van der Waals surface area contributed by atoms with Crippen LogP contribution in [0.15, 0.2) is 71.7 Å². The average Bonchev–Trinajstić information content (AvgIpc) is 2.79. The molecule has 0 atom stereocenters. The van der Waals surface area contributed by atoms with Crippen molar-refractivity contribution in [1.82, 2.24) is 15.3 Å². The van der Waals surface area contributed by atoms with Crippen molar-refractivity contribution in [3.8, 4) is 5.75 Å². The molecular weight excluding hydrogens is 366 g/mol. The molecule has 2 aromatic carbocycles. The largest absolute Gasteiger partial charge is 0.490 e. The van der Waals surface area contributed by atoms with E-state index in [1.807, 2.05) is 60.8 Å². The summed E-state index contributed by atoms with van der Waals surface area (Å²) in [5, 5.41) is 11.2. The van der Waals surface area contributed by atoms with Crippen molar-refractivity contribution in [1.29, 1.82) is 0 Å². The van der Waals surface area contributed by atoms with Gasteiger partial charge in [-0.3, -0.25) is 10.0 Å². The summed E-state index contributed by atoms with van der Waals surface area (Å²) in [5.41, 5.74) is 2.04. The lowest BCUT2D eigenvalue weighted by molar-refractivity contribution is -0.0500. The molecule has 0 saturated carbocycles. The molecule has 29 heavy (non-hydrogen) atoms. The number of nitrogens with one attached hydrogen (secondary N) is 2. The zero-order valence-electron chi connectivity index (χ0n) is 16.5. The van der Waals surface area contributed by atoms with Crippen molar-refractivity contribution in [3.63, 3.8) is 0 Å². The molecule has 2 N–H and O–H groups in total. The fraction of sp³-hybridized carbons (Fsp3) is 0.318. The Labute approximate surface area is 171 Å². The zero-order valence-corrected chi connectivity index (χ0v) is 16.5. The third-order valence-electron chi connectivity index (χ3n) is 4.73. The third-order valence-corrected chi connectivity index (χ3v) is 4.73. The molecule has 2 aromatic rings. The van der Waals surface area contributed by atoms with Gasteiger partial charge in [-0.1, -0.05) is 24.3 Å². The topological polar surface area (TPSA) is 61.4 Å². The lowest BCUT2D eigenvalue weighted by Gasteiger charge is -2.39. The van der Waals surface area contributed by atoms with Gasteiger partial charge < -0.3 is 20.1 Å². The maximum absolute atomic E-state index is 5.97. The number of benzene rings is 2. The normalized spacial score (nSPS) is 17.0. The number of ether oxygens (including phenoxy) is 2. The number of piperazine rings is 1. The number of anilines is 2. The highest BCUT2D eigenvalue weighted by Gasteiger charge is 2.22. The Hall–Kier alpha value is -3.03. The Morgan fingerprint density at radius 1 is 0.931 bits per heavy atom. The molecule has 2 aliphatic rings. The highest BCUT2D eigenvalue weighted by atomic mass is 16.5. The van der Waals surface area contributed by atoms with Crippen LogP contribution >= 0.6 is 0 Å². The lowest BCUT2D eigenvalue weighted by Crippen LogP contribution is -2.53. The Kier molecular flexibility index (Phi) is 6.62. The van der Waals surface area contributed by atoms with Gasteiger partial charge in [0.25, 0.3) is 0 Å². The van der Waals surface area contributed by atoms with E-state index < -0.39 is 0 Å². The predicted molar refractivity (Wildman–Crippen MR) is 115 cm³/mol. The van der Waals surface area contributed by atoms with Gasteiger partial charge in [0.1, 0.15) is 19.0 Å². The van der Waals surface area contributed by atoms with Crippen LogP contribution in [0.25, 0.3) is 0 Å². The first-order chi connectivity index (χ1) is 14.4. The van der Waals surface area contributed by atoms with Gasteiger partial charge in [-0.15, -0.1) is 0 Å². The van der Waals surface area contributed by atoms with Crippen LogP contribution in [0.1, 0.15) is 0 Å². The van der Waals surface area contributed by atoms with Crippen LogP contribution < -0.4 is 15.4 Å². The monoisotopic (exact) mass is 393 g/mol. The van der Waals surface area contributed by atoms with Crippen LogP contribution in [0, 0.1) is 0 Å². The fourth-order valence-electron chi connectivity index (χ4n) is 3.32. The molecule has 7 heteroatoms. The number of rotatable bonds is 8. The lowest BCUT2D eigenvalue weighted by atomic mass is 10.2. The van der Waals surface area contributed by atoms with Gasteiger partial charge in [0.2, 0.25) is 5.88 Å². The highest BCUT2D eigenvalue weighted by molar-refractivity contribution is 5.62. The zero-order chi connectivity index (χ0) is 19.7. The summed E-state index contributed by atoms with van der Waals surface area (Å²) in [5.74, 6) is 1.58. The number of para-hydroxylation sites is 1. The van der Waals surface area contributed by atoms with Crippen molar-refractivity contribution in [3.05, 3.63) is 66.7 Å². The van der Waals surface area contributed by atoms with Crippen LogP contribution in [-0.4, -0.2) is 62.2 Å². The quantitative estimate of drug-likeness (QED) is 0.673. The SMILES string of the molecule is C1=NC=C(OCCOc2cccc(Nc3ccccc3)c2)N(N2CCNCC2)C1. The average molecular weight is 393 g/mol. The summed E-state index contributed by atoms with van der Waals surface area (Å²) < 4.78 is 11.9. The summed E-state index contributed by atoms with van der Waals surface area (Å²) in [4.78, 5) is 4.25. The molecule has 0 bridgehead atoms. The van der Waals surface area contributed by atoms with Crippen molar-refractivity contribution in [2.24, 2.45) is 4.99 Å². The van der Waals surface area contributed by atoms with Crippen molar-refractivity contribution < 1.29 is 9.47 Å². The Balaban J connectivity index is 1.26. The van der Waals surface area contributed by atoms with Crippen molar-refractivity contribution in [2.75, 3.05) is 51.3 Å². The number of nitrogens with zero attached hydrogens (tertiary/aromatic N) is 3. The summed E-state index contributed by atoms with van der Waals surface area (Å²) in [7, 11) is 0. The molecule has 1 saturated heterocycles. The number of hydrazine groups is 1. The van der Waals surface area contributed by atoms with Crippen LogP contribution in [0.4, 0.5) is 11.4 Å². The van der Waals surface area contributed by atoms with E-state index in [0.29, 0.717) is 13.2 Å². The molecular formula is C22H27N5O2. The summed E-state index contributed by atoms with van der Waals surface area (Å²) >= 11 is 0. The molecule has 0 amide bonds. The van der Waals surface area contributed by atoms with E-state index in [1.165, 1.54) is 0 Å². The summed E-state index contributed by atoms with van der Waals surface area (Å²) in [6.07, 6.45) is 3.67. The predicted octanol–water partition coefficient (Wildman–Crippen LogP) is 2.83. The van der Waals surface area contributed by atoms with E-state index in [0.717, 1.165) is 55.7 Å². The van der Waals surface area contributed by atoms with Crippen LogP contribution in [0.5, 0.6) is 5.75 Å². The molecule has 2 aliphatic heterocycles. The molecule has 0 unspecified atom stereocenters. The molecule has 0 spiro atoms. The minimum atomic E-state index is 0.459. The standard InChI is InChI=1S/C22H27N5O2/c1-2-5-19(6-3-1)25-20-7-4-8-21(17-20)28-15-16-29-22-18-24-11-14-27(22)26-12-9-23-10-13-26/h1-8,11,17-18,23,25H,9-10,12-16H2. The molecule has 2 heterocycles. The molecule has 0 aromatic heterocycles. The van der Waals surface area contributed by atoms with E-state index in [1.54, 1.807) is 6.20 Å². The second-order valence-electron chi connectivity index (χ2n) is 6.80. The summed E-state index contributed by atoms with van der Waals surface area (Å²) in [6.45, 7) is 5.55. The summed E-state index contributed by atoms with van der Waals surface area (Å²) in [6, 6.07) is 18.0. The van der Waals surface area contributed by atoms with Gasteiger partial charge in [-0.05, 0) is 24.3 Å². The maximum atomic E-state index is 5.97. The minimum absolute atomic E-state index is 0.459. The van der Waals surface area contributed by atoms with Crippen molar-refractivity contribution >= 4 is 17.6 Å². The number of hydrogen-bond acceptors (Lipinski definition) is 7. The Bertz CT molecular complexity index is 834. The van der Waals surface area contributed by atoms with Crippen LogP contribution in [-0.2, 0) is 4.74 Å². The van der Waals surface area contributed by atoms with Gasteiger partial charge in [-0.25, -0.2) is 5.01 Å². The van der Waals surface area contributed by atoms with E-state index in [-0.39, 0.29) is 0 Å².